The number of thiazole rings is 1. The van der Waals surface area contributed by atoms with Crippen molar-refractivity contribution >= 4 is 11.3 Å². The summed E-state index contributed by atoms with van der Waals surface area (Å²) in [6, 6.07) is 5.03. The number of halogens is 3. The van der Waals surface area contributed by atoms with E-state index in [1.807, 2.05) is 12.3 Å². The molecule has 0 spiro atoms. The van der Waals surface area contributed by atoms with Gasteiger partial charge in [0.2, 0.25) is 0 Å². The van der Waals surface area contributed by atoms with Crippen LogP contribution in [0, 0.1) is 5.41 Å². The molecule has 0 saturated carbocycles. The average Bonchev–Trinajstić information content (AvgIpc) is 3.12. The van der Waals surface area contributed by atoms with Crippen molar-refractivity contribution in [1.82, 2.24) is 9.88 Å². The number of alkyl halides is 3. The molecule has 154 valence electrons. The molecule has 1 aliphatic heterocycles. The van der Waals surface area contributed by atoms with E-state index in [0.29, 0.717) is 30.1 Å². The number of piperidine rings is 1. The summed E-state index contributed by atoms with van der Waals surface area (Å²) in [5, 5.41) is 22.9. The van der Waals surface area contributed by atoms with Gasteiger partial charge in [0, 0.05) is 36.0 Å². The van der Waals surface area contributed by atoms with Gasteiger partial charge in [-0.25, -0.2) is 4.98 Å². The van der Waals surface area contributed by atoms with E-state index in [1.54, 1.807) is 0 Å². The second kappa shape index (κ2) is 8.49. The van der Waals surface area contributed by atoms with Crippen molar-refractivity contribution in [2.24, 2.45) is 5.41 Å². The molecule has 0 amide bonds. The number of aliphatic hydroxyl groups excluding tert-OH is 2. The van der Waals surface area contributed by atoms with Gasteiger partial charge in [0.25, 0.3) is 0 Å². The molecule has 0 radical (unpaired) electrons. The molecule has 0 bridgehead atoms. The first-order valence-corrected chi connectivity index (χ1v) is 10.3. The van der Waals surface area contributed by atoms with E-state index >= 15 is 0 Å². The van der Waals surface area contributed by atoms with Gasteiger partial charge >= 0.3 is 6.18 Å². The molecular formula is C20H25F3N2O2S. The second-order valence-corrected chi connectivity index (χ2v) is 8.36. The van der Waals surface area contributed by atoms with Crippen LogP contribution in [0.4, 0.5) is 13.2 Å². The van der Waals surface area contributed by atoms with Crippen LogP contribution in [-0.2, 0) is 12.7 Å². The van der Waals surface area contributed by atoms with Gasteiger partial charge in [0.05, 0.1) is 24.0 Å². The van der Waals surface area contributed by atoms with Gasteiger partial charge in [-0.2, -0.15) is 13.2 Å². The van der Waals surface area contributed by atoms with Gasteiger partial charge in [0.15, 0.2) is 0 Å². The van der Waals surface area contributed by atoms with E-state index in [0.717, 1.165) is 37.2 Å². The topological polar surface area (TPSA) is 56.6 Å². The lowest BCUT2D eigenvalue weighted by atomic mass is 9.74. The molecule has 1 aromatic heterocycles. The predicted octanol–water partition coefficient (Wildman–Crippen LogP) is 4.17. The van der Waals surface area contributed by atoms with Crippen LogP contribution in [-0.4, -0.2) is 45.9 Å². The maximum atomic E-state index is 12.7. The van der Waals surface area contributed by atoms with Crippen molar-refractivity contribution in [2.75, 3.05) is 19.7 Å². The van der Waals surface area contributed by atoms with Gasteiger partial charge in [-0.05, 0) is 25.0 Å². The highest BCUT2D eigenvalue weighted by atomic mass is 32.1. The minimum Gasteiger partial charge on any atom is -0.396 e. The Bertz CT molecular complexity index is 779. The highest BCUT2D eigenvalue weighted by Gasteiger charge is 2.41. The Hall–Kier alpha value is -1.48. The lowest BCUT2D eigenvalue weighted by Crippen LogP contribution is -2.53. The van der Waals surface area contributed by atoms with Crippen LogP contribution in [0.1, 0.15) is 37.4 Å². The quantitative estimate of drug-likeness (QED) is 0.745. The standard InChI is InChI=1S/C20H25F3N2O2S/c1-2-8-19(13-26)12-25(9-7-17(19)27)10-16-11-28-18(24-16)14-3-5-15(6-4-14)20(21,22)23/h3-6,11,17,26-27H,2,7-10,12-13H2,1H3/t17-,19+/m0/s1. The van der Waals surface area contributed by atoms with Gasteiger partial charge in [-0.1, -0.05) is 25.5 Å². The molecule has 1 fully saturated rings. The van der Waals surface area contributed by atoms with Crippen molar-refractivity contribution in [3.8, 4) is 10.6 Å². The maximum absolute atomic E-state index is 12.7. The van der Waals surface area contributed by atoms with E-state index in [-0.39, 0.29) is 6.61 Å². The third-order valence-corrected chi connectivity index (χ3v) is 6.36. The molecule has 0 aliphatic carbocycles. The number of nitrogens with zero attached hydrogens (tertiary/aromatic N) is 2. The number of aromatic nitrogens is 1. The summed E-state index contributed by atoms with van der Waals surface area (Å²) in [5.41, 5.74) is 0.337. The smallest absolute Gasteiger partial charge is 0.396 e. The zero-order valence-electron chi connectivity index (χ0n) is 15.7. The summed E-state index contributed by atoms with van der Waals surface area (Å²) in [6.45, 7) is 3.91. The first-order valence-electron chi connectivity index (χ1n) is 9.41. The van der Waals surface area contributed by atoms with Crippen molar-refractivity contribution in [3.63, 3.8) is 0 Å². The van der Waals surface area contributed by atoms with E-state index in [2.05, 4.69) is 9.88 Å². The molecule has 28 heavy (non-hydrogen) atoms. The zero-order chi connectivity index (χ0) is 20.4. The maximum Gasteiger partial charge on any atom is 0.416 e. The Labute approximate surface area is 166 Å². The van der Waals surface area contributed by atoms with Gasteiger partial charge in [-0.15, -0.1) is 11.3 Å². The van der Waals surface area contributed by atoms with Gasteiger partial charge < -0.3 is 10.2 Å². The summed E-state index contributed by atoms with van der Waals surface area (Å²) in [7, 11) is 0. The van der Waals surface area contributed by atoms with Crippen molar-refractivity contribution in [2.45, 2.75) is 45.0 Å². The number of aliphatic hydroxyl groups is 2. The highest BCUT2D eigenvalue weighted by Crippen LogP contribution is 2.36. The van der Waals surface area contributed by atoms with Crippen LogP contribution in [0.2, 0.25) is 0 Å². The van der Waals surface area contributed by atoms with E-state index in [9.17, 15) is 23.4 Å². The molecule has 2 atom stereocenters. The summed E-state index contributed by atoms with van der Waals surface area (Å²) in [6.07, 6.45) is -2.60. The van der Waals surface area contributed by atoms with Gasteiger partial charge in [-0.3, -0.25) is 4.90 Å². The Morgan fingerprint density at radius 1 is 1.29 bits per heavy atom. The van der Waals surface area contributed by atoms with E-state index in [4.69, 9.17) is 0 Å². The first-order chi connectivity index (χ1) is 13.3. The SMILES string of the molecule is CCC[C@]1(CO)CN(Cc2csc(-c3ccc(C(F)(F)F)cc3)n2)CC[C@@H]1O. The number of benzene rings is 1. The molecule has 2 heterocycles. The molecule has 0 unspecified atom stereocenters. The second-order valence-electron chi connectivity index (χ2n) is 7.50. The first kappa shape index (κ1) is 21.2. The fourth-order valence-corrected chi connectivity index (χ4v) is 4.71. The third-order valence-electron chi connectivity index (χ3n) is 5.42. The lowest BCUT2D eigenvalue weighted by molar-refractivity contribution is -0.137. The minimum absolute atomic E-state index is 0.0492. The molecule has 3 rings (SSSR count). The lowest BCUT2D eigenvalue weighted by Gasteiger charge is -2.45. The molecular weight excluding hydrogens is 389 g/mol. The molecule has 1 aromatic carbocycles. The Morgan fingerprint density at radius 2 is 2.00 bits per heavy atom. The van der Waals surface area contributed by atoms with Crippen LogP contribution < -0.4 is 0 Å². The van der Waals surface area contributed by atoms with Crippen molar-refractivity contribution in [1.29, 1.82) is 0 Å². The summed E-state index contributed by atoms with van der Waals surface area (Å²) >= 11 is 1.40. The summed E-state index contributed by atoms with van der Waals surface area (Å²) < 4.78 is 38.1. The summed E-state index contributed by atoms with van der Waals surface area (Å²) in [5.74, 6) is 0. The largest absolute Gasteiger partial charge is 0.416 e. The van der Waals surface area contributed by atoms with Crippen LogP contribution in [0.3, 0.4) is 0 Å². The minimum atomic E-state index is -4.34. The fourth-order valence-electron chi connectivity index (χ4n) is 3.90. The fraction of sp³-hybridized carbons (Fsp3) is 0.550. The molecule has 2 aromatic rings. The third kappa shape index (κ3) is 4.56. The van der Waals surface area contributed by atoms with Crippen LogP contribution in [0.15, 0.2) is 29.6 Å². The number of rotatable bonds is 6. The van der Waals surface area contributed by atoms with E-state index < -0.39 is 23.3 Å². The van der Waals surface area contributed by atoms with Crippen molar-refractivity contribution in [3.05, 3.63) is 40.9 Å². The molecule has 2 N–H and O–H groups in total. The molecule has 1 aliphatic rings. The Kier molecular flexibility index (Phi) is 6.44. The van der Waals surface area contributed by atoms with Crippen LogP contribution in [0.25, 0.3) is 10.6 Å². The Morgan fingerprint density at radius 3 is 2.61 bits per heavy atom. The van der Waals surface area contributed by atoms with Crippen molar-refractivity contribution < 1.29 is 23.4 Å². The number of hydrogen-bond donors (Lipinski definition) is 2. The average molecular weight is 414 g/mol. The Balaban J connectivity index is 1.69. The van der Waals surface area contributed by atoms with Gasteiger partial charge in [0.1, 0.15) is 5.01 Å². The number of hydrogen-bond acceptors (Lipinski definition) is 5. The monoisotopic (exact) mass is 414 g/mol. The normalized spacial score (nSPS) is 23.9. The predicted molar refractivity (Wildman–Crippen MR) is 103 cm³/mol. The summed E-state index contributed by atoms with van der Waals surface area (Å²) in [4.78, 5) is 6.76. The molecule has 1 saturated heterocycles. The number of likely N-dealkylation sites (tertiary alicyclic amines) is 1. The highest BCUT2D eigenvalue weighted by molar-refractivity contribution is 7.13. The molecule has 4 nitrogen and oxygen atoms in total. The molecule has 8 heteroatoms. The van der Waals surface area contributed by atoms with Crippen LogP contribution in [0.5, 0.6) is 0 Å². The van der Waals surface area contributed by atoms with E-state index in [1.165, 1.54) is 23.5 Å². The zero-order valence-corrected chi connectivity index (χ0v) is 16.6. The van der Waals surface area contributed by atoms with Crippen LogP contribution >= 0.6 is 11.3 Å².